The van der Waals surface area contributed by atoms with E-state index in [0.29, 0.717) is 11.4 Å². The van der Waals surface area contributed by atoms with Gasteiger partial charge in [-0.2, -0.15) is 8.78 Å². The van der Waals surface area contributed by atoms with Gasteiger partial charge in [0.15, 0.2) is 6.29 Å². The van der Waals surface area contributed by atoms with Crippen molar-refractivity contribution < 1.29 is 18.4 Å². The first kappa shape index (κ1) is 9.87. The third-order valence-electron chi connectivity index (χ3n) is 1.21. The maximum absolute atomic E-state index is 12.5. The number of methoxy groups -OCH3 is 1. The lowest BCUT2D eigenvalue weighted by atomic mass is 10.6. The minimum Gasteiger partial charge on any atom is -0.354 e. The van der Waals surface area contributed by atoms with Crippen LogP contribution < -0.4 is 5.43 Å². The first-order valence-electron chi connectivity index (χ1n) is 3.49. The molecule has 0 aromatic rings. The molecule has 1 heterocycles. The number of hydrazine groups is 1. The van der Waals surface area contributed by atoms with Crippen molar-refractivity contribution in [1.29, 1.82) is 0 Å². The first-order chi connectivity index (χ1) is 6.11. The standard InChI is InChI=1S/C6H9F2N3O2/c1-4(12-2)13-11-9-5(7)3-6(8)10-11/h3-4,9H,1-2H3. The molecule has 1 atom stereocenters. The molecule has 0 fully saturated rings. The molecule has 1 aliphatic rings. The fourth-order valence-corrected chi connectivity index (χ4v) is 0.602. The van der Waals surface area contributed by atoms with E-state index in [1.54, 1.807) is 6.92 Å². The van der Waals surface area contributed by atoms with Crippen LogP contribution in [0.2, 0.25) is 0 Å². The third-order valence-corrected chi connectivity index (χ3v) is 1.21. The van der Waals surface area contributed by atoms with Crippen molar-refractivity contribution in [3.05, 3.63) is 12.0 Å². The summed E-state index contributed by atoms with van der Waals surface area (Å²) in [5.41, 5.74) is 2.01. The molecular weight excluding hydrogens is 184 g/mol. The van der Waals surface area contributed by atoms with Crippen LogP contribution in [-0.4, -0.2) is 24.6 Å². The number of nitrogens with one attached hydrogen (secondary N) is 1. The predicted molar refractivity (Wildman–Crippen MR) is 40.3 cm³/mol. The van der Waals surface area contributed by atoms with Gasteiger partial charge < -0.3 is 4.74 Å². The van der Waals surface area contributed by atoms with Gasteiger partial charge in [0, 0.05) is 13.2 Å². The number of hydrogen-bond donors (Lipinski definition) is 1. The molecule has 5 nitrogen and oxygen atoms in total. The van der Waals surface area contributed by atoms with Gasteiger partial charge >= 0.3 is 0 Å². The summed E-state index contributed by atoms with van der Waals surface area (Å²) in [6.45, 7) is 1.55. The van der Waals surface area contributed by atoms with Gasteiger partial charge in [0.05, 0.1) is 0 Å². The van der Waals surface area contributed by atoms with Crippen molar-refractivity contribution in [2.45, 2.75) is 13.2 Å². The van der Waals surface area contributed by atoms with Crippen molar-refractivity contribution >= 4 is 5.97 Å². The van der Waals surface area contributed by atoms with Gasteiger partial charge in [0.2, 0.25) is 11.9 Å². The summed E-state index contributed by atoms with van der Waals surface area (Å²) < 4.78 is 29.7. The number of ether oxygens (including phenoxy) is 1. The summed E-state index contributed by atoms with van der Waals surface area (Å²) in [5.74, 6) is -1.88. The van der Waals surface area contributed by atoms with E-state index >= 15 is 0 Å². The second-order valence-electron chi connectivity index (χ2n) is 2.21. The summed E-state index contributed by atoms with van der Waals surface area (Å²) in [4.78, 5) is 4.77. The predicted octanol–water partition coefficient (Wildman–Crippen LogP) is 0.825. The van der Waals surface area contributed by atoms with Gasteiger partial charge in [0.1, 0.15) is 0 Å². The molecule has 0 aromatic carbocycles. The maximum Gasteiger partial charge on any atom is 0.239 e. The largest absolute Gasteiger partial charge is 0.354 e. The van der Waals surface area contributed by atoms with E-state index in [-0.39, 0.29) is 0 Å². The SMILES string of the molecule is COC(C)ON1N=C(F)C=C(F)N1. The molecule has 0 aromatic heterocycles. The molecule has 0 saturated heterocycles. The highest BCUT2D eigenvalue weighted by Crippen LogP contribution is 2.06. The van der Waals surface area contributed by atoms with Crippen molar-refractivity contribution in [2.24, 2.45) is 5.10 Å². The average Bonchev–Trinajstić information content (AvgIpc) is 2.02. The van der Waals surface area contributed by atoms with E-state index in [1.165, 1.54) is 7.11 Å². The second kappa shape index (κ2) is 4.15. The first-order valence-corrected chi connectivity index (χ1v) is 3.49. The van der Waals surface area contributed by atoms with Crippen molar-refractivity contribution in [2.75, 3.05) is 7.11 Å². The Kier molecular flexibility index (Phi) is 3.15. The van der Waals surface area contributed by atoms with Gasteiger partial charge in [-0.05, 0) is 6.92 Å². The highest BCUT2D eigenvalue weighted by molar-refractivity contribution is 5.86. The summed E-state index contributed by atoms with van der Waals surface area (Å²) in [5, 5.41) is 3.73. The van der Waals surface area contributed by atoms with E-state index in [4.69, 9.17) is 4.84 Å². The minimum absolute atomic E-state index is 0.554. The Morgan fingerprint density at radius 1 is 1.62 bits per heavy atom. The van der Waals surface area contributed by atoms with E-state index in [0.717, 1.165) is 0 Å². The summed E-state index contributed by atoms with van der Waals surface area (Å²) >= 11 is 0. The van der Waals surface area contributed by atoms with Crippen LogP contribution in [0.5, 0.6) is 0 Å². The van der Waals surface area contributed by atoms with Crippen LogP contribution in [0.1, 0.15) is 6.92 Å². The summed E-state index contributed by atoms with van der Waals surface area (Å²) in [7, 11) is 1.39. The third kappa shape index (κ3) is 2.96. The van der Waals surface area contributed by atoms with Gasteiger partial charge in [-0.1, -0.05) is 10.4 Å². The number of allylic oxidation sites excluding steroid dienone is 1. The topological polar surface area (TPSA) is 46.1 Å². The smallest absolute Gasteiger partial charge is 0.239 e. The number of hydrazone groups is 1. The zero-order chi connectivity index (χ0) is 9.84. The molecule has 74 valence electrons. The molecule has 7 heteroatoms. The molecule has 0 spiro atoms. The average molecular weight is 193 g/mol. The van der Waals surface area contributed by atoms with Crippen LogP contribution in [0.3, 0.4) is 0 Å². The van der Waals surface area contributed by atoms with Crippen molar-refractivity contribution in [3.63, 3.8) is 0 Å². The zero-order valence-electron chi connectivity index (χ0n) is 7.12. The highest BCUT2D eigenvalue weighted by Gasteiger charge is 2.15. The summed E-state index contributed by atoms with van der Waals surface area (Å²) in [6, 6.07) is 0. The molecular formula is C6H9F2N3O2. The Labute approximate surface area is 73.5 Å². The Hall–Kier alpha value is -1.21. The second-order valence-corrected chi connectivity index (χ2v) is 2.21. The Morgan fingerprint density at radius 2 is 2.31 bits per heavy atom. The molecule has 0 aliphatic carbocycles. The minimum atomic E-state index is -0.987. The highest BCUT2D eigenvalue weighted by atomic mass is 19.1. The van der Waals surface area contributed by atoms with E-state index in [9.17, 15) is 8.78 Å². The van der Waals surface area contributed by atoms with Gasteiger partial charge in [-0.15, -0.1) is 0 Å². The Morgan fingerprint density at radius 3 is 2.85 bits per heavy atom. The molecule has 0 bridgehead atoms. The molecule has 13 heavy (non-hydrogen) atoms. The number of halogens is 2. The molecule has 0 amide bonds. The molecule has 1 N–H and O–H groups in total. The maximum atomic E-state index is 12.5. The normalized spacial score (nSPS) is 18.9. The van der Waals surface area contributed by atoms with E-state index in [2.05, 4.69) is 9.84 Å². The van der Waals surface area contributed by atoms with Crippen LogP contribution in [0.4, 0.5) is 8.78 Å². The molecule has 1 aliphatic heterocycles. The lowest BCUT2D eigenvalue weighted by molar-refractivity contribution is -0.288. The van der Waals surface area contributed by atoms with E-state index < -0.39 is 18.2 Å². The quantitative estimate of drug-likeness (QED) is 0.532. The lowest BCUT2D eigenvalue weighted by Gasteiger charge is -2.22. The summed E-state index contributed by atoms with van der Waals surface area (Å²) in [6.07, 6.45) is -0.0629. The van der Waals surface area contributed by atoms with Crippen LogP contribution in [0.15, 0.2) is 17.1 Å². The Bertz CT molecular complexity index is 244. The fraction of sp³-hybridized carbons (Fsp3) is 0.500. The van der Waals surface area contributed by atoms with Crippen molar-refractivity contribution in [1.82, 2.24) is 10.7 Å². The van der Waals surface area contributed by atoms with Crippen LogP contribution in [-0.2, 0) is 9.57 Å². The van der Waals surface area contributed by atoms with Gasteiger partial charge in [-0.25, -0.2) is 10.3 Å². The number of hydrogen-bond acceptors (Lipinski definition) is 5. The van der Waals surface area contributed by atoms with Crippen LogP contribution in [0.25, 0.3) is 0 Å². The van der Waals surface area contributed by atoms with Crippen LogP contribution in [0, 0.1) is 0 Å². The lowest BCUT2D eigenvalue weighted by Crippen LogP contribution is -2.38. The fourth-order valence-electron chi connectivity index (χ4n) is 0.602. The number of rotatable bonds is 3. The van der Waals surface area contributed by atoms with Gasteiger partial charge in [-0.3, -0.25) is 0 Å². The molecule has 0 saturated carbocycles. The molecule has 1 rings (SSSR count). The number of nitrogens with zero attached hydrogens (tertiary/aromatic N) is 2. The van der Waals surface area contributed by atoms with Crippen molar-refractivity contribution in [3.8, 4) is 0 Å². The van der Waals surface area contributed by atoms with Gasteiger partial charge in [0.25, 0.3) is 0 Å². The zero-order valence-corrected chi connectivity index (χ0v) is 7.12. The Balaban J connectivity index is 2.50. The van der Waals surface area contributed by atoms with Crippen LogP contribution >= 0.6 is 0 Å². The van der Waals surface area contributed by atoms with E-state index in [1.807, 2.05) is 5.43 Å². The monoisotopic (exact) mass is 193 g/mol. The molecule has 1 unspecified atom stereocenters. The molecule has 0 radical (unpaired) electrons.